The third-order valence-electron chi connectivity index (χ3n) is 6.81. The third-order valence-corrected chi connectivity index (χ3v) is 6.81. The van der Waals surface area contributed by atoms with Crippen LogP contribution in [0.1, 0.15) is 53.0 Å². The van der Waals surface area contributed by atoms with Crippen molar-refractivity contribution < 1.29 is 14.3 Å². The van der Waals surface area contributed by atoms with Crippen LogP contribution in [0.4, 0.5) is 0 Å². The van der Waals surface area contributed by atoms with Crippen LogP contribution in [0.25, 0.3) is 11.1 Å². The molecule has 0 fully saturated rings. The van der Waals surface area contributed by atoms with Gasteiger partial charge in [-0.3, -0.25) is 19.4 Å². The average Bonchev–Trinajstić information content (AvgIpc) is 3.37. The lowest BCUT2D eigenvalue weighted by molar-refractivity contribution is 0.0712. The van der Waals surface area contributed by atoms with E-state index in [4.69, 9.17) is 9.47 Å². The number of nitrogens with one attached hydrogen (secondary N) is 1. The molecule has 2 aliphatic heterocycles. The number of H-pyrrole nitrogens is 1. The summed E-state index contributed by atoms with van der Waals surface area (Å²) < 4.78 is 16.6. The predicted octanol–water partition coefficient (Wildman–Crippen LogP) is 2.44. The second-order valence-electron chi connectivity index (χ2n) is 8.92. The molecule has 0 atom stereocenters. The molecule has 0 radical (unpaired) electrons. The van der Waals surface area contributed by atoms with Crippen molar-refractivity contribution in [3.05, 3.63) is 60.8 Å². The van der Waals surface area contributed by atoms with Crippen molar-refractivity contribution in [2.45, 2.75) is 66.1 Å². The summed E-state index contributed by atoms with van der Waals surface area (Å²) in [4.78, 5) is 39.7. The highest BCUT2D eigenvalue weighted by Gasteiger charge is 2.32. The maximum Gasteiger partial charge on any atom is 0.352 e. The van der Waals surface area contributed by atoms with Crippen molar-refractivity contribution in [3.63, 3.8) is 0 Å². The van der Waals surface area contributed by atoms with Crippen LogP contribution < -0.4 is 15.9 Å². The number of esters is 1. The van der Waals surface area contributed by atoms with Crippen molar-refractivity contribution >= 4 is 5.97 Å². The van der Waals surface area contributed by atoms with E-state index < -0.39 is 11.5 Å². The van der Waals surface area contributed by atoms with Crippen molar-refractivity contribution in [3.8, 4) is 17.0 Å². The van der Waals surface area contributed by atoms with Gasteiger partial charge in [0.25, 0.3) is 11.1 Å². The minimum atomic E-state index is -0.729. The molecule has 0 amide bonds. The fourth-order valence-electron chi connectivity index (χ4n) is 5.27. The van der Waals surface area contributed by atoms with Crippen molar-refractivity contribution in [1.29, 1.82) is 0 Å². The lowest BCUT2D eigenvalue weighted by Gasteiger charge is -2.16. The second-order valence-corrected chi connectivity index (χ2v) is 8.92. The van der Waals surface area contributed by atoms with Gasteiger partial charge in [0.15, 0.2) is 0 Å². The molecule has 3 aromatic rings. The van der Waals surface area contributed by atoms with Crippen LogP contribution in [0, 0.1) is 6.92 Å². The fraction of sp³-hybridized carbons (Fsp3) is 0.480. The normalized spacial score (nSPS) is 15.1. The van der Waals surface area contributed by atoms with Gasteiger partial charge >= 0.3 is 5.97 Å². The molecule has 1 aromatic carbocycles. The number of aromatic amines is 1. The standard InChI is InChI=1S/C25H30N4O5/c1-4-16-13-15(3)14-17(5-2)19(16)21-23(31)28-9-11-33-12-10-29(28)24(21)34-25(32)20-18-7-6-8-27(18)26-22(20)30/h13-14H,4-12H2,1-3H3,(H,26,30). The van der Waals surface area contributed by atoms with Gasteiger partial charge in [-0.05, 0) is 49.3 Å². The van der Waals surface area contributed by atoms with Gasteiger partial charge in [0.05, 0.1) is 32.0 Å². The van der Waals surface area contributed by atoms with E-state index in [9.17, 15) is 14.4 Å². The zero-order valence-corrected chi connectivity index (χ0v) is 19.9. The van der Waals surface area contributed by atoms with E-state index in [2.05, 4.69) is 31.1 Å². The molecule has 2 aliphatic rings. The topological polar surface area (TPSA) is 100 Å². The van der Waals surface area contributed by atoms with Gasteiger partial charge in [-0.25, -0.2) is 14.2 Å². The Labute approximate surface area is 196 Å². The Morgan fingerprint density at radius 1 is 1.03 bits per heavy atom. The maximum absolute atomic E-state index is 13.8. The second kappa shape index (κ2) is 8.79. The van der Waals surface area contributed by atoms with E-state index >= 15 is 0 Å². The highest BCUT2D eigenvalue weighted by Crippen LogP contribution is 2.36. The Morgan fingerprint density at radius 3 is 2.38 bits per heavy atom. The quantitative estimate of drug-likeness (QED) is 0.582. The summed E-state index contributed by atoms with van der Waals surface area (Å²) in [5.41, 5.74) is 4.43. The van der Waals surface area contributed by atoms with E-state index in [0.29, 0.717) is 50.5 Å². The molecular weight excluding hydrogens is 436 g/mol. The number of rotatable bonds is 5. The number of benzene rings is 1. The molecule has 180 valence electrons. The molecule has 9 nitrogen and oxygen atoms in total. The minimum absolute atomic E-state index is 0.0247. The smallest absolute Gasteiger partial charge is 0.352 e. The first-order valence-corrected chi connectivity index (χ1v) is 12.0. The average molecular weight is 467 g/mol. The minimum Gasteiger partial charge on any atom is -0.403 e. The summed E-state index contributed by atoms with van der Waals surface area (Å²) in [5.74, 6) is -0.543. The SMILES string of the molecule is CCc1cc(C)cc(CC)c1-c1c(OC(=O)c2c3n([nH]c2=O)CCC3)n2n(c1=O)CCOCC2. The summed E-state index contributed by atoms with van der Waals surface area (Å²) in [6.07, 6.45) is 2.96. The number of carbonyl (C=O) groups is 1. The van der Waals surface area contributed by atoms with Crippen LogP contribution in [0.3, 0.4) is 0 Å². The van der Waals surface area contributed by atoms with Gasteiger partial charge in [-0.1, -0.05) is 31.5 Å². The molecule has 0 saturated carbocycles. The van der Waals surface area contributed by atoms with Crippen LogP contribution in [0.5, 0.6) is 5.88 Å². The van der Waals surface area contributed by atoms with Gasteiger partial charge < -0.3 is 9.47 Å². The summed E-state index contributed by atoms with van der Waals surface area (Å²) >= 11 is 0. The Balaban J connectivity index is 1.72. The highest BCUT2D eigenvalue weighted by atomic mass is 16.5. The molecular formula is C25H30N4O5. The monoisotopic (exact) mass is 466 g/mol. The van der Waals surface area contributed by atoms with Gasteiger partial charge in [0.1, 0.15) is 11.1 Å². The molecule has 0 saturated heterocycles. The molecule has 9 heteroatoms. The number of nitrogens with zero attached hydrogens (tertiary/aromatic N) is 3. The lowest BCUT2D eigenvalue weighted by atomic mass is 9.91. The molecule has 0 unspecified atom stereocenters. The zero-order chi connectivity index (χ0) is 24.0. The summed E-state index contributed by atoms with van der Waals surface area (Å²) in [6.45, 7) is 8.36. The molecule has 34 heavy (non-hydrogen) atoms. The molecule has 0 aliphatic carbocycles. The third kappa shape index (κ3) is 3.55. The van der Waals surface area contributed by atoms with Crippen molar-refractivity contribution in [1.82, 2.24) is 19.1 Å². The Hall–Kier alpha value is -3.33. The van der Waals surface area contributed by atoms with E-state index in [1.54, 1.807) is 14.0 Å². The summed E-state index contributed by atoms with van der Waals surface area (Å²) in [7, 11) is 0. The van der Waals surface area contributed by atoms with Crippen molar-refractivity contribution in [2.24, 2.45) is 0 Å². The zero-order valence-electron chi connectivity index (χ0n) is 19.9. The molecule has 5 rings (SSSR count). The van der Waals surface area contributed by atoms with Gasteiger partial charge in [0, 0.05) is 6.54 Å². The fourth-order valence-corrected chi connectivity index (χ4v) is 5.27. The van der Waals surface area contributed by atoms with Gasteiger partial charge in [0.2, 0.25) is 5.88 Å². The van der Waals surface area contributed by atoms with Crippen molar-refractivity contribution in [2.75, 3.05) is 13.2 Å². The molecule has 2 aromatic heterocycles. The van der Waals surface area contributed by atoms with E-state index in [0.717, 1.165) is 41.5 Å². The first-order valence-electron chi connectivity index (χ1n) is 12.0. The number of carbonyl (C=O) groups excluding carboxylic acids is 1. The Kier molecular flexibility index (Phi) is 5.81. The summed E-state index contributed by atoms with van der Waals surface area (Å²) in [6, 6.07) is 4.17. The predicted molar refractivity (Wildman–Crippen MR) is 127 cm³/mol. The molecule has 1 N–H and O–H groups in total. The highest BCUT2D eigenvalue weighted by molar-refractivity contribution is 5.93. The molecule has 4 heterocycles. The van der Waals surface area contributed by atoms with E-state index in [-0.39, 0.29) is 17.0 Å². The van der Waals surface area contributed by atoms with E-state index in [1.165, 1.54) is 0 Å². The number of ether oxygens (including phenoxy) is 2. The van der Waals surface area contributed by atoms with Crippen LogP contribution in [0.2, 0.25) is 0 Å². The Morgan fingerprint density at radius 2 is 1.71 bits per heavy atom. The Bertz CT molecular complexity index is 1360. The van der Waals surface area contributed by atoms with E-state index in [1.807, 2.05) is 6.92 Å². The van der Waals surface area contributed by atoms with Gasteiger partial charge in [-0.2, -0.15) is 0 Å². The van der Waals surface area contributed by atoms with Gasteiger partial charge in [-0.15, -0.1) is 0 Å². The first kappa shape index (κ1) is 22.5. The molecule has 0 bridgehead atoms. The number of fused-ring (bicyclic) bond motifs is 2. The van der Waals surface area contributed by atoms with Crippen LogP contribution in [-0.4, -0.2) is 38.3 Å². The number of hydrogen-bond donors (Lipinski definition) is 1. The summed E-state index contributed by atoms with van der Waals surface area (Å²) in [5, 5.41) is 2.72. The number of hydrogen-bond acceptors (Lipinski definition) is 5. The number of aromatic nitrogens is 4. The lowest BCUT2D eigenvalue weighted by Crippen LogP contribution is -2.24. The largest absolute Gasteiger partial charge is 0.403 e. The van der Waals surface area contributed by atoms with Crippen LogP contribution >= 0.6 is 0 Å². The first-order chi connectivity index (χ1) is 16.4. The van der Waals surface area contributed by atoms with Crippen LogP contribution in [0.15, 0.2) is 21.7 Å². The number of aryl methyl sites for hydroxylation is 4. The maximum atomic E-state index is 13.8. The van der Waals surface area contributed by atoms with Crippen LogP contribution in [-0.2, 0) is 43.6 Å². The molecule has 0 spiro atoms.